The second-order valence-corrected chi connectivity index (χ2v) is 4.14. The number of carbonyl (C=O) groups excluding carboxylic acids is 1. The lowest BCUT2D eigenvalue weighted by Gasteiger charge is -2.11. The third-order valence-electron chi connectivity index (χ3n) is 2.60. The summed E-state index contributed by atoms with van der Waals surface area (Å²) in [6.45, 7) is -0.330. The standard InChI is InChI=1S/C15H13F2NO3/c1-20-14-6-5-11(17)8-13(14)18-15(19)9-21-12-4-2-3-10(16)7-12/h2-8H,9H2,1H3,(H,18,19). The molecular weight excluding hydrogens is 280 g/mol. The van der Waals surface area contributed by atoms with Gasteiger partial charge in [-0.15, -0.1) is 0 Å². The van der Waals surface area contributed by atoms with Crippen molar-refractivity contribution in [3.8, 4) is 11.5 Å². The molecule has 1 amide bonds. The van der Waals surface area contributed by atoms with Crippen LogP contribution in [0.4, 0.5) is 14.5 Å². The number of nitrogens with one attached hydrogen (secondary N) is 1. The van der Waals surface area contributed by atoms with Crippen molar-refractivity contribution in [1.82, 2.24) is 0 Å². The van der Waals surface area contributed by atoms with Crippen LogP contribution in [0.5, 0.6) is 11.5 Å². The maximum absolute atomic E-state index is 13.1. The Morgan fingerprint density at radius 1 is 1.14 bits per heavy atom. The van der Waals surface area contributed by atoms with E-state index in [1.54, 1.807) is 0 Å². The minimum Gasteiger partial charge on any atom is -0.495 e. The summed E-state index contributed by atoms with van der Waals surface area (Å²) >= 11 is 0. The van der Waals surface area contributed by atoms with Crippen LogP contribution in [0.3, 0.4) is 0 Å². The maximum atomic E-state index is 13.1. The summed E-state index contributed by atoms with van der Waals surface area (Å²) in [4.78, 5) is 11.7. The lowest BCUT2D eigenvalue weighted by Crippen LogP contribution is -2.20. The Balaban J connectivity index is 1.97. The van der Waals surface area contributed by atoms with Crippen LogP contribution in [0.2, 0.25) is 0 Å². The maximum Gasteiger partial charge on any atom is 0.262 e. The van der Waals surface area contributed by atoms with Crippen LogP contribution in [0.15, 0.2) is 42.5 Å². The van der Waals surface area contributed by atoms with E-state index in [-0.39, 0.29) is 18.0 Å². The van der Waals surface area contributed by atoms with Crippen LogP contribution in [-0.4, -0.2) is 19.6 Å². The smallest absolute Gasteiger partial charge is 0.262 e. The number of halogens is 2. The van der Waals surface area contributed by atoms with Crippen LogP contribution in [0.1, 0.15) is 0 Å². The molecule has 21 heavy (non-hydrogen) atoms. The van der Waals surface area contributed by atoms with Crippen molar-refractivity contribution in [2.75, 3.05) is 19.0 Å². The van der Waals surface area contributed by atoms with Gasteiger partial charge in [-0.25, -0.2) is 8.78 Å². The van der Waals surface area contributed by atoms with E-state index in [4.69, 9.17) is 9.47 Å². The Bertz CT molecular complexity index is 647. The number of hydrogen-bond acceptors (Lipinski definition) is 3. The van der Waals surface area contributed by atoms with Gasteiger partial charge in [-0.05, 0) is 24.3 Å². The lowest BCUT2D eigenvalue weighted by atomic mass is 10.3. The molecule has 0 saturated carbocycles. The van der Waals surface area contributed by atoms with E-state index in [0.717, 1.165) is 12.1 Å². The Hall–Kier alpha value is -2.63. The molecule has 2 rings (SSSR count). The van der Waals surface area contributed by atoms with Gasteiger partial charge in [0.25, 0.3) is 5.91 Å². The summed E-state index contributed by atoms with van der Waals surface area (Å²) in [5.74, 6) is -0.910. The molecule has 0 aliphatic carbocycles. The fraction of sp³-hybridized carbons (Fsp3) is 0.133. The van der Waals surface area contributed by atoms with Gasteiger partial charge in [0.1, 0.15) is 23.1 Å². The third kappa shape index (κ3) is 4.17. The molecule has 0 aromatic heterocycles. The monoisotopic (exact) mass is 293 g/mol. The molecular formula is C15H13F2NO3. The molecule has 2 aromatic carbocycles. The number of amides is 1. The van der Waals surface area contributed by atoms with Crippen molar-refractivity contribution in [2.45, 2.75) is 0 Å². The second kappa shape index (κ2) is 6.69. The Labute approximate surface area is 120 Å². The number of anilines is 1. The number of hydrogen-bond donors (Lipinski definition) is 1. The average molecular weight is 293 g/mol. The van der Waals surface area contributed by atoms with Crippen LogP contribution in [0.25, 0.3) is 0 Å². The molecule has 6 heteroatoms. The highest BCUT2D eigenvalue weighted by Crippen LogP contribution is 2.24. The summed E-state index contributed by atoms with van der Waals surface area (Å²) in [5, 5.41) is 2.46. The number of methoxy groups -OCH3 is 1. The van der Waals surface area contributed by atoms with E-state index in [1.807, 2.05) is 0 Å². The molecule has 110 valence electrons. The highest BCUT2D eigenvalue weighted by atomic mass is 19.1. The molecule has 0 unspecified atom stereocenters. The number of carbonyl (C=O) groups is 1. The fourth-order valence-electron chi connectivity index (χ4n) is 1.67. The highest BCUT2D eigenvalue weighted by Gasteiger charge is 2.09. The van der Waals surface area contributed by atoms with Crippen LogP contribution in [0, 0.1) is 11.6 Å². The van der Waals surface area contributed by atoms with E-state index in [9.17, 15) is 13.6 Å². The molecule has 0 radical (unpaired) electrons. The average Bonchev–Trinajstić information content (AvgIpc) is 2.45. The highest BCUT2D eigenvalue weighted by molar-refractivity contribution is 5.93. The van der Waals surface area contributed by atoms with Crippen LogP contribution >= 0.6 is 0 Å². The minimum absolute atomic E-state index is 0.199. The van der Waals surface area contributed by atoms with E-state index >= 15 is 0 Å². The molecule has 0 saturated heterocycles. The van der Waals surface area contributed by atoms with Crippen molar-refractivity contribution in [3.05, 3.63) is 54.1 Å². The molecule has 0 aliphatic heterocycles. The third-order valence-corrected chi connectivity index (χ3v) is 2.60. The first kappa shape index (κ1) is 14.8. The van der Waals surface area contributed by atoms with Gasteiger partial charge >= 0.3 is 0 Å². The quantitative estimate of drug-likeness (QED) is 0.922. The van der Waals surface area contributed by atoms with Gasteiger partial charge in [-0.3, -0.25) is 4.79 Å². The number of ether oxygens (including phenoxy) is 2. The van der Waals surface area contributed by atoms with Crippen molar-refractivity contribution < 1.29 is 23.0 Å². The van der Waals surface area contributed by atoms with E-state index in [0.29, 0.717) is 5.75 Å². The van der Waals surface area contributed by atoms with Gasteiger partial charge in [0.05, 0.1) is 12.8 Å². The van der Waals surface area contributed by atoms with Crippen LogP contribution < -0.4 is 14.8 Å². The summed E-state index contributed by atoms with van der Waals surface area (Å²) in [7, 11) is 1.41. The topological polar surface area (TPSA) is 47.6 Å². The number of benzene rings is 2. The molecule has 0 spiro atoms. The zero-order chi connectivity index (χ0) is 15.2. The van der Waals surface area contributed by atoms with E-state index < -0.39 is 17.5 Å². The number of rotatable bonds is 5. The van der Waals surface area contributed by atoms with Gasteiger partial charge in [0, 0.05) is 12.1 Å². The summed E-state index contributed by atoms with van der Waals surface area (Å²) in [6.07, 6.45) is 0. The first-order valence-electron chi connectivity index (χ1n) is 6.10. The largest absolute Gasteiger partial charge is 0.495 e. The van der Waals surface area contributed by atoms with Crippen molar-refractivity contribution in [1.29, 1.82) is 0 Å². The van der Waals surface area contributed by atoms with Crippen molar-refractivity contribution >= 4 is 11.6 Å². The van der Waals surface area contributed by atoms with Crippen LogP contribution in [-0.2, 0) is 4.79 Å². The molecule has 4 nitrogen and oxygen atoms in total. The Kier molecular flexibility index (Phi) is 4.71. The summed E-state index contributed by atoms with van der Waals surface area (Å²) < 4.78 is 36.2. The van der Waals surface area contributed by atoms with Gasteiger partial charge in [0.15, 0.2) is 6.61 Å². The first-order valence-corrected chi connectivity index (χ1v) is 6.10. The van der Waals surface area contributed by atoms with Gasteiger partial charge in [-0.1, -0.05) is 6.07 Å². The van der Waals surface area contributed by atoms with E-state index in [2.05, 4.69) is 5.32 Å². The molecule has 0 heterocycles. The second-order valence-electron chi connectivity index (χ2n) is 4.14. The minimum atomic E-state index is -0.511. The van der Waals surface area contributed by atoms with Crippen molar-refractivity contribution in [2.24, 2.45) is 0 Å². The molecule has 0 fully saturated rings. The Morgan fingerprint density at radius 3 is 2.62 bits per heavy atom. The molecule has 0 atom stereocenters. The zero-order valence-electron chi connectivity index (χ0n) is 11.2. The predicted octanol–water partition coefficient (Wildman–Crippen LogP) is 2.99. The molecule has 0 bridgehead atoms. The zero-order valence-corrected chi connectivity index (χ0v) is 11.2. The lowest BCUT2D eigenvalue weighted by molar-refractivity contribution is -0.118. The summed E-state index contributed by atoms with van der Waals surface area (Å²) in [5.41, 5.74) is 0.199. The molecule has 2 aromatic rings. The summed E-state index contributed by atoms with van der Waals surface area (Å²) in [6, 6.07) is 9.19. The Morgan fingerprint density at radius 2 is 1.90 bits per heavy atom. The normalized spacial score (nSPS) is 10.0. The SMILES string of the molecule is COc1ccc(F)cc1NC(=O)COc1cccc(F)c1. The van der Waals surface area contributed by atoms with Crippen molar-refractivity contribution in [3.63, 3.8) is 0 Å². The fourth-order valence-corrected chi connectivity index (χ4v) is 1.67. The van der Waals surface area contributed by atoms with Gasteiger partial charge in [0.2, 0.25) is 0 Å². The van der Waals surface area contributed by atoms with E-state index in [1.165, 1.54) is 37.4 Å². The van der Waals surface area contributed by atoms with Gasteiger partial charge in [-0.2, -0.15) is 0 Å². The molecule has 1 N–H and O–H groups in total. The predicted molar refractivity (Wildman–Crippen MR) is 73.5 cm³/mol. The first-order chi connectivity index (χ1) is 10.1. The molecule has 0 aliphatic rings. The van der Waals surface area contributed by atoms with Gasteiger partial charge < -0.3 is 14.8 Å².